The van der Waals surface area contributed by atoms with Gasteiger partial charge in [-0.25, -0.2) is 8.42 Å². The average Bonchev–Trinajstić information content (AvgIpc) is 2.19. The Labute approximate surface area is 90.5 Å². The molecule has 0 heterocycles. The summed E-state index contributed by atoms with van der Waals surface area (Å²) in [6, 6.07) is 3.53. The molecule has 3 N–H and O–H groups in total. The van der Waals surface area contributed by atoms with Gasteiger partial charge in [0.2, 0.25) is 10.0 Å². The average molecular weight is 228 g/mol. The van der Waals surface area contributed by atoms with Crippen molar-refractivity contribution < 1.29 is 8.42 Å². The lowest BCUT2D eigenvalue weighted by molar-refractivity contribution is 0.602. The monoisotopic (exact) mass is 228 g/mol. The quantitative estimate of drug-likeness (QED) is 0.773. The number of hydrogen-bond acceptors (Lipinski definition) is 3. The maximum Gasteiger partial charge on any atom is 0.232 e. The van der Waals surface area contributed by atoms with Crippen LogP contribution in [0.2, 0.25) is 0 Å². The number of aryl methyl sites for hydroxylation is 1. The summed E-state index contributed by atoms with van der Waals surface area (Å²) in [6.45, 7) is 5.28. The van der Waals surface area contributed by atoms with Crippen LogP contribution in [0.3, 0.4) is 0 Å². The van der Waals surface area contributed by atoms with E-state index in [-0.39, 0.29) is 5.75 Å². The molecule has 0 atom stereocenters. The van der Waals surface area contributed by atoms with Gasteiger partial charge in [0.15, 0.2) is 0 Å². The van der Waals surface area contributed by atoms with E-state index >= 15 is 0 Å². The summed E-state index contributed by atoms with van der Waals surface area (Å²) < 4.78 is 25.2. The van der Waals surface area contributed by atoms with Gasteiger partial charge in [-0.2, -0.15) is 0 Å². The van der Waals surface area contributed by atoms with Crippen LogP contribution in [0.4, 0.5) is 11.4 Å². The standard InChI is InChI=1S/C10H16N2O2S/c1-4-15(13,14)12-9-6-5-7(2)10(11)8(9)3/h5-6,12H,4,11H2,1-3H3. The van der Waals surface area contributed by atoms with Crippen molar-refractivity contribution in [1.29, 1.82) is 0 Å². The lowest BCUT2D eigenvalue weighted by atomic mass is 10.1. The highest BCUT2D eigenvalue weighted by Crippen LogP contribution is 2.25. The molecule has 0 bridgehead atoms. The summed E-state index contributed by atoms with van der Waals surface area (Å²) in [5, 5.41) is 0. The van der Waals surface area contributed by atoms with Gasteiger partial charge in [0, 0.05) is 5.69 Å². The lowest BCUT2D eigenvalue weighted by Crippen LogP contribution is -2.15. The molecule has 0 saturated carbocycles. The second-order valence-electron chi connectivity index (χ2n) is 3.47. The van der Waals surface area contributed by atoms with Crippen molar-refractivity contribution in [3.8, 4) is 0 Å². The van der Waals surface area contributed by atoms with Crippen molar-refractivity contribution in [2.24, 2.45) is 0 Å². The summed E-state index contributed by atoms with van der Waals surface area (Å²) in [4.78, 5) is 0. The van der Waals surface area contributed by atoms with Gasteiger partial charge in [0.25, 0.3) is 0 Å². The molecule has 0 aliphatic rings. The number of sulfonamides is 1. The van der Waals surface area contributed by atoms with E-state index in [0.717, 1.165) is 11.1 Å². The van der Waals surface area contributed by atoms with Crippen LogP contribution in [0.25, 0.3) is 0 Å². The van der Waals surface area contributed by atoms with E-state index in [9.17, 15) is 8.42 Å². The van der Waals surface area contributed by atoms with E-state index in [1.54, 1.807) is 26.0 Å². The fraction of sp³-hybridized carbons (Fsp3) is 0.400. The van der Waals surface area contributed by atoms with Crippen LogP contribution in [0.5, 0.6) is 0 Å². The van der Waals surface area contributed by atoms with E-state index in [4.69, 9.17) is 5.73 Å². The molecular weight excluding hydrogens is 212 g/mol. The van der Waals surface area contributed by atoms with E-state index < -0.39 is 10.0 Å². The highest BCUT2D eigenvalue weighted by Gasteiger charge is 2.10. The van der Waals surface area contributed by atoms with Crippen molar-refractivity contribution >= 4 is 21.4 Å². The topological polar surface area (TPSA) is 72.2 Å². The Kier molecular flexibility index (Phi) is 3.24. The highest BCUT2D eigenvalue weighted by atomic mass is 32.2. The second kappa shape index (κ2) is 4.10. The first-order valence-corrected chi connectivity index (χ1v) is 6.38. The number of nitrogens with one attached hydrogen (secondary N) is 1. The molecule has 1 aromatic carbocycles. The number of nitrogen functional groups attached to an aromatic ring is 1. The fourth-order valence-corrected chi connectivity index (χ4v) is 1.91. The first kappa shape index (κ1) is 11.8. The number of benzene rings is 1. The first-order chi connectivity index (χ1) is 6.87. The molecule has 0 spiro atoms. The van der Waals surface area contributed by atoms with Crippen molar-refractivity contribution in [2.75, 3.05) is 16.2 Å². The minimum Gasteiger partial charge on any atom is -0.398 e. The second-order valence-corrected chi connectivity index (χ2v) is 5.49. The Balaban J connectivity index is 3.13. The zero-order valence-electron chi connectivity index (χ0n) is 9.16. The van der Waals surface area contributed by atoms with Gasteiger partial charge in [-0.1, -0.05) is 6.07 Å². The Morgan fingerprint density at radius 3 is 2.47 bits per heavy atom. The van der Waals surface area contributed by atoms with Crippen LogP contribution >= 0.6 is 0 Å². The van der Waals surface area contributed by atoms with Crippen LogP contribution in [0.15, 0.2) is 12.1 Å². The molecule has 0 aliphatic heterocycles. The van der Waals surface area contributed by atoms with Crippen molar-refractivity contribution in [2.45, 2.75) is 20.8 Å². The molecule has 0 aliphatic carbocycles. The molecule has 1 aromatic rings. The van der Waals surface area contributed by atoms with Crippen molar-refractivity contribution in [3.05, 3.63) is 23.3 Å². The van der Waals surface area contributed by atoms with E-state index in [0.29, 0.717) is 11.4 Å². The minimum atomic E-state index is -3.23. The Morgan fingerprint density at radius 1 is 1.33 bits per heavy atom. The molecule has 0 saturated heterocycles. The third-order valence-electron chi connectivity index (χ3n) is 2.38. The summed E-state index contributed by atoms with van der Waals surface area (Å²) in [5.74, 6) is 0.0558. The number of rotatable bonds is 3. The maximum absolute atomic E-state index is 11.4. The predicted molar refractivity (Wildman–Crippen MR) is 63.4 cm³/mol. The van der Waals surface area contributed by atoms with Gasteiger partial charge in [0.1, 0.15) is 0 Å². The largest absolute Gasteiger partial charge is 0.398 e. The smallest absolute Gasteiger partial charge is 0.232 e. The van der Waals surface area contributed by atoms with Gasteiger partial charge in [-0.3, -0.25) is 4.72 Å². The van der Waals surface area contributed by atoms with E-state index in [1.807, 2.05) is 6.92 Å². The normalized spacial score (nSPS) is 11.4. The van der Waals surface area contributed by atoms with Gasteiger partial charge >= 0.3 is 0 Å². The molecule has 0 unspecified atom stereocenters. The number of nitrogens with two attached hydrogens (primary N) is 1. The molecular formula is C10H16N2O2S. The molecule has 4 nitrogen and oxygen atoms in total. The zero-order valence-corrected chi connectivity index (χ0v) is 9.98. The van der Waals surface area contributed by atoms with Crippen LogP contribution in [-0.2, 0) is 10.0 Å². The molecule has 5 heteroatoms. The summed E-state index contributed by atoms with van der Waals surface area (Å²) in [5.41, 5.74) is 8.72. The molecule has 15 heavy (non-hydrogen) atoms. The zero-order chi connectivity index (χ0) is 11.6. The highest BCUT2D eigenvalue weighted by molar-refractivity contribution is 7.92. The van der Waals surface area contributed by atoms with Gasteiger partial charge < -0.3 is 5.73 Å². The number of anilines is 2. The fourth-order valence-electron chi connectivity index (χ4n) is 1.21. The van der Waals surface area contributed by atoms with Crippen LogP contribution in [0, 0.1) is 13.8 Å². The van der Waals surface area contributed by atoms with Gasteiger partial charge in [-0.05, 0) is 38.0 Å². The molecule has 0 amide bonds. The van der Waals surface area contributed by atoms with Gasteiger partial charge in [-0.15, -0.1) is 0 Å². The first-order valence-electron chi connectivity index (χ1n) is 4.73. The number of hydrogen-bond donors (Lipinski definition) is 2. The van der Waals surface area contributed by atoms with Crippen molar-refractivity contribution in [3.63, 3.8) is 0 Å². The Bertz CT molecular complexity index is 467. The third kappa shape index (κ3) is 2.62. The molecule has 0 fully saturated rings. The summed E-state index contributed by atoms with van der Waals surface area (Å²) >= 11 is 0. The molecule has 84 valence electrons. The predicted octanol–water partition coefficient (Wildman–Crippen LogP) is 1.65. The molecule has 1 rings (SSSR count). The van der Waals surface area contributed by atoms with Crippen LogP contribution < -0.4 is 10.5 Å². The SMILES string of the molecule is CCS(=O)(=O)Nc1ccc(C)c(N)c1C. The third-order valence-corrected chi connectivity index (χ3v) is 3.67. The Hall–Kier alpha value is -1.23. The lowest BCUT2D eigenvalue weighted by Gasteiger charge is -2.12. The Morgan fingerprint density at radius 2 is 1.93 bits per heavy atom. The van der Waals surface area contributed by atoms with Gasteiger partial charge in [0.05, 0.1) is 11.4 Å². The molecule has 0 radical (unpaired) electrons. The van der Waals surface area contributed by atoms with E-state index in [2.05, 4.69) is 4.72 Å². The summed E-state index contributed by atoms with van der Waals surface area (Å²) in [6.07, 6.45) is 0. The van der Waals surface area contributed by atoms with Crippen LogP contribution in [-0.4, -0.2) is 14.2 Å². The van der Waals surface area contributed by atoms with Crippen molar-refractivity contribution in [1.82, 2.24) is 0 Å². The molecule has 0 aromatic heterocycles. The van der Waals surface area contributed by atoms with Crippen LogP contribution in [0.1, 0.15) is 18.1 Å². The minimum absolute atomic E-state index is 0.0558. The summed E-state index contributed by atoms with van der Waals surface area (Å²) in [7, 11) is -3.23. The van der Waals surface area contributed by atoms with E-state index in [1.165, 1.54) is 0 Å². The maximum atomic E-state index is 11.4.